The predicted molar refractivity (Wildman–Crippen MR) is 35.9 cm³/mol. The summed E-state index contributed by atoms with van der Waals surface area (Å²) in [5, 5.41) is 0. The molecule has 9 heavy (non-hydrogen) atoms. The molecule has 0 spiro atoms. The van der Waals surface area contributed by atoms with Gasteiger partial charge in [-0.2, -0.15) is 16.7 Å². The quantitative estimate of drug-likeness (QED) is 0.531. The minimum Gasteiger partial charge on any atom is -0.299 e. The van der Waals surface area contributed by atoms with Crippen molar-refractivity contribution in [3.63, 3.8) is 0 Å². The van der Waals surface area contributed by atoms with E-state index in [9.17, 15) is 8.42 Å². The van der Waals surface area contributed by atoms with Crippen molar-refractivity contribution < 1.29 is 17.5 Å². The Balaban J connectivity index is 3.46. The highest BCUT2D eigenvalue weighted by molar-refractivity contribution is 8.50. The Kier molecular flexibility index (Phi) is 1.26. The van der Waals surface area contributed by atoms with Crippen molar-refractivity contribution >= 4 is 17.5 Å². The lowest BCUT2D eigenvalue weighted by atomic mass is 10.5. The molecule has 0 aromatic heterocycles. The molecule has 1 aliphatic heterocycles. The van der Waals surface area contributed by atoms with E-state index in [4.69, 9.17) is 9.11 Å². The highest BCUT2D eigenvalue weighted by atomic mass is 32.9. The molecule has 0 aromatic rings. The number of rotatable bonds is 0. The first-order valence-corrected chi connectivity index (χ1v) is 6.33. The van der Waals surface area contributed by atoms with Gasteiger partial charge in [-0.1, -0.05) is 0 Å². The lowest BCUT2D eigenvalue weighted by molar-refractivity contribution is 0.447. The molecule has 0 unspecified atom stereocenters. The van der Waals surface area contributed by atoms with Gasteiger partial charge in [0, 0.05) is 11.5 Å². The maximum absolute atomic E-state index is 10.2. The van der Waals surface area contributed by atoms with Crippen molar-refractivity contribution in [3.05, 3.63) is 0 Å². The van der Waals surface area contributed by atoms with Crippen molar-refractivity contribution in [2.45, 2.75) is 6.42 Å². The van der Waals surface area contributed by atoms with E-state index in [2.05, 4.69) is 0 Å². The Bertz CT molecular complexity index is 274. The average molecular weight is 172 g/mol. The highest BCUT2D eigenvalue weighted by Crippen LogP contribution is 2.30. The van der Waals surface area contributed by atoms with Crippen LogP contribution in [0.25, 0.3) is 0 Å². The summed E-state index contributed by atoms with van der Waals surface area (Å²) in [6, 6.07) is 0. The zero-order valence-electron chi connectivity index (χ0n) is 4.65. The first kappa shape index (κ1) is 7.20. The number of hydrogen-bond acceptors (Lipinski definition) is 2. The van der Waals surface area contributed by atoms with Crippen molar-refractivity contribution in [2.75, 3.05) is 11.5 Å². The lowest BCUT2D eigenvalue weighted by Crippen LogP contribution is -2.48. The fourth-order valence-electron chi connectivity index (χ4n) is 0.656. The molecule has 1 heterocycles. The molecule has 0 saturated carbocycles. The summed E-state index contributed by atoms with van der Waals surface area (Å²) < 4.78 is 38.4. The van der Waals surface area contributed by atoms with E-state index in [0.29, 0.717) is 6.42 Å². The van der Waals surface area contributed by atoms with E-state index in [1.807, 2.05) is 0 Å². The molecule has 0 bridgehead atoms. The van der Waals surface area contributed by atoms with Gasteiger partial charge in [0.1, 0.15) is 0 Å². The third kappa shape index (κ3) is 0.917. The Morgan fingerprint density at radius 2 is 1.67 bits per heavy atom. The van der Waals surface area contributed by atoms with Crippen LogP contribution in [0.3, 0.4) is 0 Å². The van der Waals surface area contributed by atoms with Crippen LogP contribution in [-0.2, 0) is 17.5 Å². The second-order valence-electron chi connectivity index (χ2n) is 2.15. The van der Waals surface area contributed by atoms with Gasteiger partial charge in [0.25, 0.3) is 9.26 Å². The zero-order chi connectivity index (χ0) is 7.15. The molecule has 56 valence electrons. The minimum absolute atomic E-state index is 0.0350. The Morgan fingerprint density at radius 1 is 1.22 bits per heavy atom. The molecule has 0 aromatic carbocycles. The monoisotopic (exact) mass is 172 g/mol. The summed E-state index contributed by atoms with van der Waals surface area (Å²) >= 11 is 0. The summed E-state index contributed by atoms with van der Waals surface area (Å²) in [5.74, 6) is 0.0701. The molecular formula is C3H8O4S2. The van der Waals surface area contributed by atoms with Gasteiger partial charge in [0.15, 0.2) is 0 Å². The maximum atomic E-state index is 10.2. The van der Waals surface area contributed by atoms with Crippen LogP contribution in [0.15, 0.2) is 0 Å². The summed E-state index contributed by atoms with van der Waals surface area (Å²) in [7, 11) is -6.57. The van der Waals surface area contributed by atoms with Gasteiger partial charge in [-0.25, -0.2) is 0 Å². The summed E-state index contributed by atoms with van der Waals surface area (Å²) in [6.07, 6.45) is 0.600. The smallest absolute Gasteiger partial charge is 0.290 e. The first-order valence-electron chi connectivity index (χ1n) is 2.44. The molecule has 0 radical (unpaired) electrons. The van der Waals surface area contributed by atoms with Gasteiger partial charge < -0.3 is 0 Å². The fourth-order valence-corrected chi connectivity index (χ4v) is 3.49. The van der Waals surface area contributed by atoms with Crippen molar-refractivity contribution in [1.82, 2.24) is 0 Å². The van der Waals surface area contributed by atoms with Crippen LogP contribution in [-0.4, -0.2) is 29.0 Å². The van der Waals surface area contributed by atoms with E-state index >= 15 is 0 Å². The largest absolute Gasteiger partial charge is 0.299 e. The SMILES string of the molecule is O=S(=O)=S1(O)(O)CCC1. The molecular weight excluding hydrogens is 164 g/mol. The maximum Gasteiger partial charge on any atom is 0.290 e. The second kappa shape index (κ2) is 1.57. The Labute approximate surface area is 53.6 Å². The molecule has 1 aliphatic rings. The zero-order valence-corrected chi connectivity index (χ0v) is 6.28. The van der Waals surface area contributed by atoms with Gasteiger partial charge in [-0.05, 0) is 6.42 Å². The molecule has 0 aliphatic carbocycles. The van der Waals surface area contributed by atoms with Crippen LogP contribution in [0, 0.1) is 0 Å². The van der Waals surface area contributed by atoms with Crippen LogP contribution in [0.5, 0.6) is 0 Å². The molecule has 6 heteroatoms. The van der Waals surface area contributed by atoms with E-state index in [-0.39, 0.29) is 11.5 Å². The summed E-state index contributed by atoms with van der Waals surface area (Å²) in [4.78, 5) is 0. The predicted octanol–water partition coefficient (Wildman–Crippen LogP) is -0.180. The van der Waals surface area contributed by atoms with Gasteiger partial charge in [0.2, 0.25) is 0 Å². The third-order valence-corrected chi connectivity index (χ3v) is 7.15. The van der Waals surface area contributed by atoms with Gasteiger partial charge in [0.05, 0.1) is 0 Å². The molecule has 0 atom stereocenters. The summed E-state index contributed by atoms with van der Waals surface area (Å²) in [6.45, 7) is 0. The van der Waals surface area contributed by atoms with E-state index < -0.39 is 17.5 Å². The first-order chi connectivity index (χ1) is 3.94. The normalized spacial score (nSPS) is 33.3. The molecule has 1 rings (SSSR count). The van der Waals surface area contributed by atoms with Crippen LogP contribution in [0.1, 0.15) is 6.42 Å². The van der Waals surface area contributed by atoms with Gasteiger partial charge >= 0.3 is 0 Å². The standard InChI is InChI=1S/C3H8O4S2/c4-8(5)9(6,7)2-1-3-9/h6-7H,1-3H2. The van der Waals surface area contributed by atoms with Crippen LogP contribution < -0.4 is 0 Å². The minimum atomic E-state index is -3.88. The van der Waals surface area contributed by atoms with Crippen molar-refractivity contribution in [1.29, 1.82) is 0 Å². The van der Waals surface area contributed by atoms with Crippen LogP contribution in [0.2, 0.25) is 0 Å². The second-order valence-corrected chi connectivity index (χ2v) is 8.88. The van der Waals surface area contributed by atoms with Crippen molar-refractivity contribution in [2.24, 2.45) is 0 Å². The van der Waals surface area contributed by atoms with E-state index in [1.54, 1.807) is 0 Å². The third-order valence-electron chi connectivity index (χ3n) is 1.42. The Morgan fingerprint density at radius 3 is 1.67 bits per heavy atom. The van der Waals surface area contributed by atoms with Crippen LogP contribution in [0.4, 0.5) is 0 Å². The van der Waals surface area contributed by atoms with Crippen molar-refractivity contribution in [3.8, 4) is 0 Å². The van der Waals surface area contributed by atoms with Gasteiger partial charge in [-0.15, -0.1) is 0 Å². The highest BCUT2D eigenvalue weighted by Gasteiger charge is 2.32. The molecule has 1 saturated heterocycles. The fraction of sp³-hybridized carbons (Fsp3) is 1.00. The molecule has 4 nitrogen and oxygen atoms in total. The van der Waals surface area contributed by atoms with E-state index in [1.165, 1.54) is 0 Å². The van der Waals surface area contributed by atoms with Gasteiger partial charge in [-0.3, -0.25) is 9.11 Å². The Hall–Kier alpha value is 0.0900. The molecule has 2 N–H and O–H groups in total. The average Bonchev–Trinajstić information content (AvgIpc) is 1.63. The molecule has 0 amide bonds. The topological polar surface area (TPSA) is 74.6 Å². The number of hydrogen-bond donors (Lipinski definition) is 2. The van der Waals surface area contributed by atoms with Crippen LogP contribution >= 0.6 is 0 Å². The lowest BCUT2D eigenvalue weighted by Gasteiger charge is -2.47. The summed E-state index contributed by atoms with van der Waals surface area (Å²) in [5.41, 5.74) is 0. The molecule has 1 fully saturated rings. The van der Waals surface area contributed by atoms with E-state index in [0.717, 1.165) is 0 Å².